The smallest absolute Gasteiger partial charge is 0.191 e. The van der Waals surface area contributed by atoms with Crippen LogP contribution in [0.1, 0.15) is 23.7 Å². The standard InChI is InChI=1S/C16H21N3O3S2/c1-12-3-5-14(6-4-12)22-8-9-23-16-18-17-15(19(16)2)13-7-10-24(20,21)11-13/h3-6,13H,7-11H2,1-2H3/t13-/m1/s1. The molecule has 0 N–H and O–H groups in total. The Balaban J connectivity index is 1.52. The summed E-state index contributed by atoms with van der Waals surface area (Å²) in [6.07, 6.45) is 0.634. The van der Waals surface area contributed by atoms with Crippen molar-refractivity contribution in [3.63, 3.8) is 0 Å². The summed E-state index contributed by atoms with van der Waals surface area (Å²) in [5.41, 5.74) is 1.21. The molecule has 0 spiro atoms. The summed E-state index contributed by atoms with van der Waals surface area (Å²) in [5, 5.41) is 9.18. The minimum Gasteiger partial charge on any atom is -0.493 e. The number of rotatable bonds is 6. The van der Waals surface area contributed by atoms with E-state index in [4.69, 9.17) is 4.74 Å². The van der Waals surface area contributed by atoms with E-state index in [0.717, 1.165) is 22.5 Å². The van der Waals surface area contributed by atoms with Crippen LogP contribution in [0.25, 0.3) is 0 Å². The molecule has 0 unspecified atom stereocenters. The molecular weight excluding hydrogens is 346 g/mol. The van der Waals surface area contributed by atoms with Gasteiger partial charge in [-0.1, -0.05) is 29.5 Å². The highest BCUT2D eigenvalue weighted by atomic mass is 32.2. The second-order valence-electron chi connectivity index (χ2n) is 6.01. The number of ether oxygens (including phenoxy) is 1. The van der Waals surface area contributed by atoms with Gasteiger partial charge in [-0.05, 0) is 25.5 Å². The van der Waals surface area contributed by atoms with Gasteiger partial charge < -0.3 is 9.30 Å². The van der Waals surface area contributed by atoms with Crippen LogP contribution in [0.2, 0.25) is 0 Å². The third-order valence-corrected chi connectivity index (χ3v) is 6.82. The van der Waals surface area contributed by atoms with Crippen LogP contribution in [0.4, 0.5) is 0 Å². The summed E-state index contributed by atoms with van der Waals surface area (Å²) < 4.78 is 30.8. The lowest BCUT2D eigenvalue weighted by atomic mass is 10.1. The normalized spacial score (nSPS) is 19.5. The van der Waals surface area contributed by atoms with E-state index in [1.54, 1.807) is 11.8 Å². The van der Waals surface area contributed by atoms with Gasteiger partial charge in [-0.15, -0.1) is 10.2 Å². The fraction of sp³-hybridized carbons (Fsp3) is 0.500. The first-order chi connectivity index (χ1) is 11.4. The molecule has 1 aromatic heterocycles. The highest BCUT2D eigenvalue weighted by Crippen LogP contribution is 2.29. The number of benzene rings is 1. The molecule has 6 nitrogen and oxygen atoms in total. The van der Waals surface area contributed by atoms with Gasteiger partial charge in [-0.3, -0.25) is 0 Å². The van der Waals surface area contributed by atoms with Crippen molar-refractivity contribution in [2.24, 2.45) is 7.05 Å². The number of hydrogen-bond acceptors (Lipinski definition) is 6. The quantitative estimate of drug-likeness (QED) is 0.576. The Morgan fingerprint density at radius 2 is 2.04 bits per heavy atom. The van der Waals surface area contributed by atoms with Gasteiger partial charge in [-0.25, -0.2) is 8.42 Å². The van der Waals surface area contributed by atoms with Gasteiger partial charge >= 0.3 is 0 Å². The maximum Gasteiger partial charge on any atom is 0.191 e. The second-order valence-corrected chi connectivity index (χ2v) is 9.30. The molecule has 0 aliphatic carbocycles. The van der Waals surface area contributed by atoms with Crippen molar-refractivity contribution in [2.75, 3.05) is 23.9 Å². The minimum absolute atomic E-state index is 0.0364. The van der Waals surface area contributed by atoms with Crippen LogP contribution >= 0.6 is 11.8 Å². The monoisotopic (exact) mass is 367 g/mol. The van der Waals surface area contributed by atoms with Crippen molar-refractivity contribution >= 4 is 21.6 Å². The van der Waals surface area contributed by atoms with Gasteiger partial charge in [0.1, 0.15) is 11.6 Å². The largest absolute Gasteiger partial charge is 0.493 e. The zero-order chi connectivity index (χ0) is 17.2. The molecule has 8 heteroatoms. The van der Waals surface area contributed by atoms with E-state index in [2.05, 4.69) is 10.2 Å². The van der Waals surface area contributed by atoms with Gasteiger partial charge in [0.15, 0.2) is 15.0 Å². The minimum atomic E-state index is -2.91. The molecule has 130 valence electrons. The van der Waals surface area contributed by atoms with Crippen molar-refractivity contribution in [2.45, 2.75) is 24.4 Å². The zero-order valence-electron chi connectivity index (χ0n) is 13.8. The Kier molecular flexibility index (Phi) is 5.15. The molecule has 0 bridgehead atoms. The Bertz CT molecular complexity index is 800. The van der Waals surface area contributed by atoms with Crippen LogP contribution in [0.5, 0.6) is 5.75 Å². The number of aromatic nitrogens is 3. The van der Waals surface area contributed by atoms with Crippen LogP contribution < -0.4 is 4.74 Å². The van der Waals surface area contributed by atoms with Gasteiger partial charge in [0.2, 0.25) is 0 Å². The molecule has 1 fully saturated rings. The molecule has 24 heavy (non-hydrogen) atoms. The highest BCUT2D eigenvalue weighted by molar-refractivity contribution is 7.99. The van der Waals surface area contributed by atoms with Crippen molar-refractivity contribution in [3.05, 3.63) is 35.7 Å². The Labute approximate surface area is 146 Å². The van der Waals surface area contributed by atoms with Crippen molar-refractivity contribution in [1.29, 1.82) is 0 Å². The second kappa shape index (κ2) is 7.14. The average molecular weight is 367 g/mol. The summed E-state index contributed by atoms with van der Waals surface area (Å²) in [5.74, 6) is 2.76. The predicted octanol–water partition coefficient (Wildman–Crippen LogP) is 2.20. The summed E-state index contributed by atoms with van der Waals surface area (Å²) in [6, 6.07) is 7.96. The van der Waals surface area contributed by atoms with Gasteiger partial charge in [-0.2, -0.15) is 0 Å². The third-order valence-electron chi connectivity index (χ3n) is 4.07. The molecule has 3 rings (SSSR count). The lowest BCUT2D eigenvalue weighted by molar-refractivity contribution is 0.343. The summed E-state index contributed by atoms with van der Waals surface area (Å²) in [6.45, 7) is 2.62. The number of nitrogens with zero attached hydrogens (tertiary/aromatic N) is 3. The molecule has 1 aliphatic heterocycles. The number of thioether (sulfide) groups is 1. The summed E-state index contributed by atoms with van der Waals surface area (Å²) in [7, 11) is -1.02. The molecule has 2 aromatic rings. The van der Waals surface area contributed by atoms with Crippen LogP contribution in [0, 0.1) is 6.92 Å². The lowest BCUT2D eigenvalue weighted by Crippen LogP contribution is -2.09. The Hall–Kier alpha value is -1.54. The van der Waals surface area contributed by atoms with E-state index in [1.807, 2.05) is 42.8 Å². The first-order valence-electron chi connectivity index (χ1n) is 7.86. The molecule has 1 atom stereocenters. The number of sulfone groups is 1. The summed E-state index contributed by atoms with van der Waals surface area (Å²) >= 11 is 1.56. The van der Waals surface area contributed by atoms with Crippen molar-refractivity contribution in [1.82, 2.24) is 14.8 Å². The first kappa shape index (κ1) is 17.3. The molecule has 1 aliphatic rings. The van der Waals surface area contributed by atoms with Crippen LogP contribution in [-0.2, 0) is 16.9 Å². The van der Waals surface area contributed by atoms with Gasteiger partial charge in [0.25, 0.3) is 0 Å². The number of hydrogen-bond donors (Lipinski definition) is 0. The van der Waals surface area contributed by atoms with Crippen LogP contribution in [0.3, 0.4) is 0 Å². The first-order valence-corrected chi connectivity index (χ1v) is 10.7. The topological polar surface area (TPSA) is 74.1 Å². The molecule has 1 saturated heterocycles. The average Bonchev–Trinajstić information content (AvgIpc) is 3.08. The van der Waals surface area contributed by atoms with E-state index < -0.39 is 9.84 Å². The Morgan fingerprint density at radius 3 is 2.71 bits per heavy atom. The van der Waals surface area contributed by atoms with Gasteiger partial charge in [0.05, 0.1) is 18.1 Å². The molecule has 1 aromatic carbocycles. The fourth-order valence-electron chi connectivity index (χ4n) is 2.73. The van der Waals surface area contributed by atoms with E-state index >= 15 is 0 Å². The van der Waals surface area contributed by atoms with E-state index in [0.29, 0.717) is 13.0 Å². The summed E-state index contributed by atoms with van der Waals surface area (Å²) in [4.78, 5) is 0. The van der Waals surface area contributed by atoms with Crippen LogP contribution in [0.15, 0.2) is 29.4 Å². The van der Waals surface area contributed by atoms with E-state index in [1.165, 1.54) is 5.56 Å². The molecule has 0 saturated carbocycles. The zero-order valence-corrected chi connectivity index (χ0v) is 15.4. The van der Waals surface area contributed by atoms with E-state index in [-0.39, 0.29) is 17.4 Å². The highest BCUT2D eigenvalue weighted by Gasteiger charge is 2.32. The fourth-order valence-corrected chi connectivity index (χ4v) is 5.21. The van der Waals surface area contributed by atoms with E-state index in [9.17, 15) is 8.42 Å². The molecular formula is C16H21N3O3S2. The molecule has 0 amide bonds. The molecule has 2 heterocycles. The van der Waals surface area contributed by atoms with Gasteiger partial charge in [0, 0.05) is 18.7 Å². The molecule has 0 radical (unpaired) electrons. The maximum absolute atomic E-state index is 11.6. The SMILES string of the molecule is Cc1ccc(OCCSc2nnc([C@@H]3CCS(=O)(=O)C3)n2C)cc1. The van der Waals surface area contributed by atoms with Crippen LogP contribution in [-0.4, -0.2) is 47.0 Å². The third kappa shape index (κ3) is 4.10. The van der Waals surface area contributed by atoms with Crippen molar-refractivity contribution < 1.29 is 13.2 Å². The maximum atomic E-state index is 11.6. The lowest BCUT2D eigenvalue weighted by Gasteiger charge is -2.08. The van der Waals surface area contributed by atoms with Crippen molar-refractivity contribution in [3.8, 4) is 5.75 Å². The Morgan fingerprint density at radius 1 is 1.29 bits per heavy atom. The number of aryl methyl sites for hydroxylation is 1. The predicted molar refractivity (Wildman–Crippen MR) is 94.4 cm³/mol.